The van der Waals surface area contributed by atoms with E-state index in [0.29, 0.717) is 12.8 Å². The fourth-order valence-corrected chi connectivity index (χ4v) is 6.06. The fourth-order valence-electron chi connectivity index (χ4n) is 6.06. The first-order valence-corrected chi connectivity index (χ1v) is 8.76. The van der Waals surface area contributed by atoms with Crippen molar-refractivity contribution in [3.05, 3.63) is 11.6 Å². The van der Waals surface area contributed by atoms with Gasteiger partial charge in [-0.1, -0.05) is 33.8 Å². The van der Waals surface area contributed by atoms with Gasteiger partial charge in [0.1, 0.15) is 18.1 Å². The molecular weight excluding hydrogens is 302 g/mol. The number of rotatable bonds is 1. The third-order valence-electron chi connectivity index (χ3n) is 7.29. The van der Waals surface area contributed by atoms with Gasteiger partial charge in [0.15, 0.2) is 5.78 Å². The van der Waals surface area contributed by atoms with Crippen molar-refractivity contribution < 1.29 is 14.4 Å². The maximum Gasteiger partial charge on any atom is 0.178 e. The van der Waals surface area contributed by atoms with Gasteiger partial charge in [-0.3, -0.25) is 9.59 Å². The second kappa shape index (κ2) is 5.12. The van der Waals surface area contributed by atoms with Crippen LogP contribution in [0.5, 0.6) is 0 Å². The van der Waals surface area contributed by atoms with E-state index >= 15 is 0 Å². The molecule has 128 valence electrons. The van der Waals surface area contributed by atoms with Crippen LogP contribution >= 0.6 is 0 Å². The molecular formula is C20H25NO3. The molecule has 0 aromatic heterocycles. The molecule has 0 saturated heterocycles. The number of carbonyl (C=O) groups is 3. The van der Waals surface area contributed by atoms with Gasteiger partial charge in [-0.2, -0.15) is 5.26 Å². The van der Waals surface area contributed by atoms with Gasteiger partial charge in [0.05, 0.1) is 11.5 Å². The number of nitrogens with zero attached hydrogens (tertiary/aromatic N) is 1. The van der Waals surface area contributed by atoms with E-state index in [2.05, 4.69) is 19.9 Å². The quantitative estimate of drug-likeness (QED) is 0.547. The van der Waals surface area contributed by atoms with Crippen molar-refractivity contribution in [1.29, 1.82) is 5.26 Å². The van der Waals surface area contributed by atoms with Crippen LogP contribution in [-0.2, 0) is 14.4 Å². The summed E-state index contributed by atoms with van der Waals surface area (Å²) in [6, 6.07) is 2.08. The molecule has 0 aliphatic heterocycles. The zero-order valence-electron chi connectivity index (χ0n) is 14.9. The zero-order valence-corrected chi connectivity index (χ0v) is 14.9. The zero-order chi connectivity index (χ0) is 17.9. The van der Waals surface area contributed by atoms with Crippen molar-refractivity contribution in [2.45, 2.75) is 53.4 Å². The molecule has 0 amide bonds. The highest BCUT2D eigenvalue weighted by Crippen LogP contribution is 2.65. The van der Waals surface area contributed by atoms with E-state index in [9.17, 15) is 19.6 Å². The molecule has 2 unspecified atom stereocenters. The van der Waals surface area contributed by atoms with Gasteiger partial charge in [0.2, 0.25) is 0 Å². The highest BCUT2D eigenvalue weighted by molar-refractivity contribution is 6.04. The SMILES string of the molecule is CC1(C)C(=O)C(C#N)=C[C@]2(C)C3CC(=O)C(C=O)C[C@]3(C)CC[C@@H]12. The van der Waals surface area contributed by atoms with E-state index < -0.39 is 11.3 Å². The lowest BCUT2D eigenvalue weighted by Crippen LogP contribution is -2.59. The Morgan fingerprint density at radius 2 is 1.88 bits per heavy atom. The number of hydrogen-bond donors (Lipinski definition) is 0. The number of allylic oxidation sites excluding steroid dienone is 2. The first-order valence-electron chi connectivity index (χ1n) is 8.76. The van der Waals surface area contributed by atoms with Crippen molar-refractivity contribution in [3.63, 3.8) is 0 Å². The predicted molar refractivity (Wildman–Crippen MR) is 88.7 cm³/mol. The summed E-state index contributed by atoms with van der Waals surface area (Å²) in [5.74, 6) is -0.375. The van der Waals surface area contributed by atoms with E-state index in [0.717, 1.165) is 19.1 Å². The standard InChI is InChI=1S/C20H25NO3/c1-18(2)15-5-6-19(3)8-13(11-22)14(23)7-16(19)20(15,4)9-12(10-21)17(18)24/h9,11,13,15-16H,5-8H2,1-4H3/t13?,15-,16?,19-,20-/m0/s1. The smallest absolute Gasteiger partial charge is 0.178 e. The lowest BCUT2D eigenvalue weighted by Gasteiger charge is -2.61. The molecule has 3 aliphatic rings. The lowest BCUT2D eigenvalue weighted by atomic mass is 9.41. The molecule has 4 heteroatoms. The van der Waals surface area contributed by atoms with Crippen LogP contribution in [0.4, 0.5) is 0 Å². The topological polar surface area (TPSA) is 75.0 Å². The highest BCUT2D eigenvalue weighted by atomic mass is 16.1. The maximum absolute atomic E-state index is 12.7. The van der Waals surface area contributed by atoms with Crippen molar-refractivity contribution in [1.82, 2.24) is 0 Å². The average Bonchev–Trinajstić information content (AvgIpc) is 2.52. The van der Waals surface area contributed by atoms with Gasteiger partial charge < -0.3 is 4.79 Å². The second-order valence-corrected chi connectivity index (χ2v) is 9.00. The Labute approximate surface area is 143 Å². The Balaban J connectivity index is 2.13. The van der Waals surface area contributed by atoms with Crippen LogP contribution in [0.2, 0.25) is 0 Å². The molecule has 4 nitrogen and oxygen atoms in total. The summed E-state index contributed by atoms with van der Waals surface area (Å²) in [5.41, 5.74) is -0.828. The molecule has 0 aromatic rings. The Bertz CT molecular complexity index is 698. The Hall–Kier alpha value is -1.76. The van der Waals surface area contributed by atoms with Crippen LogP contribution in [0.1, 0.15) is 53.4 Å². The first-order chi connectivity index (χ1) is 11.1. The summed E-state index contributed by atoms with van der Waals surface area (Å²) in [5, 5.41) is 9.44. The normalized spacial score (nSPS) is 44.0. The summed E-state index contributed by atoms with van der Waals surface area (Å²) < 4.78 is 0. The molecule has 2 saturated carbocycles. The first kappa shape index (κ1) is 17.1. The summed E-state index contributed by atoms with van der Waals surface area (Å²) in [4.78, 5) is 36.4. The number of ketones is 2. The van der Waals surface area contributed by atoms with Crippen molar-refractivity contribution >= 4 is 17.9 Å². The van der Waals surface area contributed by atoms with Crippen molar-refractivity contribution in [3.8, 4) is 6.07 Å². The maximum atomic E-state index is 12.7. The van der Waals surface area contributed by atoms with Crippen LogP contribution in [0.3, 0.4) is 0 Å². The molecule has 2 fully saturated rings. The minimum Gasteiger partial charge on any atom is -0.303 e. The molecule has 0 heterocycles. The van der Waals surface area contributed by atoms with E-state index in [1.807, 2.05) is 19.9 Å². The van der Waals surface area contributed by atoms with Gasteiger partial charge in [0, 0.05) is 11.8 Å². The van der Waals surface area contributed by atoms with E-state index in [-0.39, 0.29) is 39.8 Å². The molecule has 3 rings (SSSR count). The summed E-state index contributed by atoms with van der Waals surface area (Å²) >= 11 is 0. The molecule has 0 aromatic carbocycles. The Morgan fingerprint density at radius 1 is 1.21 bits per heavy atom. The molecule has 0 spiro atoms. The van der Waals surface area contributed by atoms with Crippen LogP contribution in [0.15, 0.2) is 11.6 Å². The third-order valence-corrected chi connectivity index (χ3v) is 7.29. The average molecular weight is 327 g/mol. The Morgan fingerprint density at radius 3 is 2.46 bits per heavy atom. The summed E-state index contributed by atoms with van der Waals surface area (Å²) in [7, 11) is 0. The summed E-state index contributed by atoms with van der Waals surface area (Å²) in [6.45, 7) is 8.15. The van der Waals surface area contributed by atoms with Gasteiger partial charge in [-0.25, -0.2) is 0 Å². The van der Waals surface area contributed by atoms with E-state index in [1.54, 1.807) is 0 Å². The number of Topliss-reactive ketones (excluding diaryl/α,β-unsaturated/α-hetero) is 2. The number of carbonyl (C=O) groups excluding carboxylic acids is 3. The number of aldehydes is 1. The predicted octanol–water partition coefficient (Wildman–Crippen LogP) is 3.26. The largest absolute Gasteiger partial charge is 0.303 e. The van der Waals surface area contributed by atoms with Crippen LogP contribution in [0.25, 0.3) is 0 Å². The van der Waals surface area contributed by atoms with Crippen molar-refractivity contribution in [2.24, 2.45) is 34.0 Å². The van der Waals surface area contributed by atoms with Crippen LogP contribution in [0, 0.1) is 45.3 Å². The Kier molecular flexibility index (Phi) is 3.64. The van der Waals surface area contributed by atoms with Crippen LogP contribution < -0.4 is 0 Å². The highest BCUT2D eigenvalue weighted by Gasteiger charge is 2.62. The lowest BCUT2D eigenvalue weighted by molar-refractivity contribution is -0.153. The minimum atomic E-state index is -0.597. The van der Waals surface area contributed by atoms with Gasteiger partial charge in [0.25, 0.3) is 0 Å². The van der Waals surface area contributed by atoms with Gasteiger partial charge in [-0.15, -0.1) is 0 Å². The van der Waals surface area contributed by atoms with Crippen LogP contribution in [-0.4, -0.2) is 17.9 Å². The van der Waals surface area contributed by atoms with Gasteiger partial charge in [-0.05, 0) is 41.9 Å². The molecule has 24 heavy (non-hydrogen) atoms. The number of hydrogen-bond acceptors (Lipinski definition) is 4. The molecule has 0 bridgehead atoms. The molecule has 0 N–H and O–H groups in total. The van der Waals surface area contributed by atoms with E-state index in [1.165, 1.54) is 0 Å². The van der Waals surface area contributed by atoms with E-state index in [4.69, 9.17) is 0 Å². The minimum absolute atomic E-state index is 0.0102. The summed E-state index contributed by atoms with van der Waals surface area (Å²) in [6.07, 6.45) is 5.41. The van der Waals surface area contributed by atoms with Gasteiger partial charge >= 0.3 is 0 Å². The number of fused-ring (bicyclic) bond motifs is 3. The third kappa shape index (κ3) is 2.06. The second-order valence-electron chi connectivity index (χ2n) is 9.00. The molecule has 5 atom stereocenters. The van der Waals surface area contributed by atoms with Crippen molar-refractivity contribution in [2.75, 3.05) is 0 Å². The molecule has 3 aliphatic carbocycles. The monoisotopic (exact) mass is 327 g/mol. The molecule has 0 radical (unpaired) electrons. The fraction of sp³-hybridized carbons (Fsp3) is 0.700. The number of nitriles is 1.